The van der Waals surface area contributed by atoms with Gasteiger partial charge in [0.05, 0.1) is 34.5 Å². The number of aromatic amines is 2. The Morgan fingerprint density at radius 3 is 2.66 bits per heavy atom. The molecule has 0 radical (unpaired) electrons. The van der Waals surface area contributed by atoms with Gasteiger partial charge in [0, 0.05) is 59.6 Å². The number of nitrogens with zero attached hydrogens (tertiary/aromatic N) is 5. The summed E-state index contributed by atoms with van der Waals surface area (Å²) < 4.78 is 14.7. The van der Waals surface area contributed by atoms with Crippen LogP contribution in [0.2, 0.25) is 0 Å². The molecule has 10 nitrogen and oxygen atoms in total. The van der Waals surface area contributed by atoms with E-state index in [1.165, 1.54) is 31.4 Å². The highest BCUT2D eigenvalue weighted by molar-refractivity contribution is 5.99. The summed E-state index contributed by atoms with van der Waals surface area (Å²) in [6, 6.07) is 14.6. The smallest absolute Gasteiger partial charge is 0.224 e. The van der Waals surface area contributed by atoms with Crippen molar-refractivity contribution in [3.05, 3.63) is 72.9 Å². The van der Waals surface area contributed by atoms with E-state index >= 15 is 0 Å². The fraction of sp³-hybridized carbons (Fsp3) is 0.306. The van der Waals surface area contributed by atoms with Crippen LogP contribution in [0.5, 0.6) is 0 Å². The van der Waals surface area contributed by atoms with E-state index in [0.717, 1.165) is 47.1 Å². The van der Waals surface area contributed by atoms with Gasteiger partial charge < -0.3 is 20.5 Å². The summed E-state index contributed by atoms with van der Waals surface area (Å²) in [5.74, 6) is 0.155. The number of likely N-dealkylation sites (N-methyl/N-ethyl adjacent to an activating group) is 1. The molecule has 47 heavy (non-hydrogen) atoms. The first-order valence-corrected chi connectivity index (χ1v) is 16.2. The largest absolute Gasteiger partial charge is 0.384 e. The van der Waals surface area contributed by atoms with E-state index in [1.807, 2.05) is 50.5 Å². The summed E-state index contributed by atoms with van der Waals surface area (Å²) in [6.07, 6.45) is 11.6. The Bertz CT molecular complexity index is 2040. The molecule has 4 N–H and O–H groups in total. The highest BCUT2D eigenvalue weighted by Gasteiger charge is 2.19. The van der Waals surface area contributed by atoms with Gasteiger partial charge in [-0.15, -0.1) is 0 Å². The van der Waals surface area contributed by atoms with Gasteiger partial charge in [-0.25, -0.2) is 9.37 Å². The molecule has 7 rings (SSSR count). The number of carbonyl (C=O) groups is 1. The number of halogens is 1. The summed E-state index contributed by atoms with van der Waals surface area (Å²) in [7, 11) is 4.00. The van der Waals surface area contributed by atoms with Crippen molar-refractivity contribution in [1.82, 2.24) is 35.0 Å². The number of benzene rings is 1. The van der Waals surface area contributed by atoms with Gasteiger partial charge in [-0.3, -0.25) is 19.9 Å². The number of hydrogen-bond acceptors (Lipinski definition) is 7. The van der Waals surface area contributed by atoms with Crippen molar-refractivity contribution < 1.29 is 9.18 Å². The molecule has 0 aliphatic heterocycles. The Balaban J connectivity index is 1.16. The van der Waals surface area contributed by atoms with Crippen molar-refractivity contribution >= 4 is 39.2 Å². The lowest BCUT2D eigenvalue weighted by atomic mass is 9.87. The molecule has 5 aromatic heterocycles. The normalized spacial score (nSPS) is 13.9. The van der Waals surface area contributed by atoms with Crippen LogP contribution in [0, 0.1) is 11.7 Å². The van der Waals surface area contributed by atoms with Gasteiger partial charge in [0.2, 0.25) is 5.91 Å². The van der Waals surface area contributed by atoms with Crippen LogP contribution in [0.3, 0.4) is 0 Å². The Hall–Kier alpha value is -5.16. The minimum absolute atomic E-state index is 0.0270. The maximum atomic E-state index is 14.7. The molecule has 1 aliphatic rings. The van der Waals surface area contributed by atoms with Crippen LogP contribution in [0.15, 0.2) is 67.1 Å². The number of amides is 1. The minimum Gasteiger partial charge on any atom is -0.384 e. The van der Waals surface area contributed by atoms with Crippen LogP contribution in [-0.2, 0) is 4.79 Å². The van der Waals surface area contributed by atoms with E-state index in [0.29, 0.717) is 58.4 Å². The first-order chi connectivity index (χ1) is 22.9. The Morgan fingerprint density at radius 1 is 0.957 bits per heavy atom. The van der Waals surface area contributed by atoms with Crippen molar-refractivity contribution in [2.24, 2.45) is 5.92 Å². The van der Waals surface area contributed by atoms with Crippen LogP contribution >= 0.6 is 0 Å². The maximum absolute atomic E-state index is 14.7. The summed E-state index contributed by atoms with van der Waals surface area (Å²) in [5.41, 5.74) is 7.94. The van der Waals surface area contributed by atoms with E-state index in [2.05, 4.69) is 40.7 Å². The lowest BCUT2D eigenvalue weighted by Crippen LogP contribution is -2.20. The molecule has 0 saturated heterocycles. The highest BCUT2D eigenvalue weighted by atomic mass is 19.1. The molecule has 5 heterocycles. The molecule has 6 aromatic rings. The van der Waals surface area contributed by atoms with Crippen molar-refractivity contribution in [2.45, 2.75) is 38.5 Å². The van der Waals surface area contributed by atoms with Gasteiger partial charge in [0.1, 0.15) is 17.0 Å². The van der Waals surface area contributed by atoms with Gasteiger partial charge >= 0.3 is 0 Å². The standard InChI is InChI=1S/C36H38FN9O/c1-46(2)13-12-39-26-16-23(15-25(37)18-26)34-28-19-32(42-30(28)10-11-40-34)36-35-31(44-45-36)9-8-29(43-35)24-17-27(21-38-20-24)41-33(47)14-22-6-4-3-5-7-22/h8-11,15-22,39,42H,3-7,12-14H2,1-2H3,(H,41,47)(H,44,45). The molecule has 240 valence electrons. The number of pyridine rings is 3. The third kappa shape index (κ3) is 6.85. The second kappa shape index (κ2) is 13.3. The number of aromatic nitrogens is 6. The number of fused-ring (bicyclic) bond motifs is 2. The quantitative estimate of drug-likeness (QED) is 0.125. The van der Waals surface area contributed by atoms with Crippen molar-refractivity contribution in [1.29, 1.82) is 0 Å². The molecule has 0 unspecified atom stereocenters. The molecule has 1 fully saturated rings. The lowest BCUT2D eigenvalue weighted by Gasteiger charge is -2.20. The van der Waals surface area contributed by atoms with Crippen molar-refractivity contribution in [3.8, 4) is 33.9 Å². The van der Waals surface area contributed by atoms with E-state index < -0.39 is 0 Å². The first kappa shape index (κ1) is 30.5. The van der Waals surface area contributed by atoms with Crippen molar-refractivity contribution in [3.63, 3.8) is 0 Å². The monoisotopic (exact) mass is 631 g/mol. The number of nitrogens with one attached hydrogen (secondary N) is 4. The van der Waals surface area contributed by atoms with Crippen LogP contribution < -0.4 is 10.6 Å². The predicted octanol–water partition coefficient (Wildman–Crippen LogP) is 7.25. The fourth-order valence-electron chi connectivity index (χ4n) is 6.43. The molecule has 0 bridgehead atoms. The van der Waals surface area contributed by atoms with Gasteiger partial charge in [-0.2, -0.15) is 5.10 Å². The Morgan fingerprint density at radius 2 is 1.81 bits per heavy atom. The Labute approximate surface area is 272 Å². The number of H-pyrrole nitrogens is 2. The molecule has 1 aliphatic carbocycles. The van der Waals surface area contributed by atoms with Gasteiger partial charge in [0.25, 0.3) is 0 Å². The van der Waals surface area contributed by atoms with Gasteiger partial charge in [0.15, 0.2) is 0 Å². The van der Waals surface area contributed by atoms with Crippen LogP contribution in [0.25, 0.3) is 55.8 Å². The third-order valence-corrected chi connectivity index (χ3v) is 8.79. The number of anilines is 2. The van der Waals surface area contributed by atoms with E-state index in [9.17, 15) is 9.18 Å². The highest BCUT2D eigenvalue weighted by Crippen LogP contribution is 2.34. The lowest BCUT2D eigenvalue weighted by molar-refractivity contribution is -0.117. The molecule has 1 amide bonds. The number of rotatable bonds is 10. The predicted molar refractivity (Wildman–Crippen MR) is 184 cm³/mol. The zero-order valence-electron chi connectivity index (χ0n) is 26.6. The van der Waals surface area contributed by atoms with Crippen LogP contribution in [-0.4, -0.2) is 68.1 Å². The summed E-state index contributed by atoms with van der Waals surface area (Å²) in [5, 5.41) is 14.9. The SMILES string of the molecule is CN(C)CCNc1cc(F)cc(-c2nccc3[nH]c(-c4n[nH]c5ccc(-c6cncc(NC(=O)CC7CCCCC7)c6)nc45)cc23)c1. The molecular formula is C36H38FN9O. The molecule has 11 heteroatoms. The zero-order valence-corrected chi connectivity index (χ0v) is 26.6. The second-order valence-electron chi connectivity index (χ2n) is 12.6. The minimum atomic E-state index is -0.332. The molecule has 1 saturated carbocycles. The van der Waals surface area contributed by atoms with Crippen LogP contribution in [0.1, 0.15) is 38.5 Å². The third-order valence-electron chi connectivity index (χ3n) is 8.79. The van der Waals surface area contributed by atoms with E-state index in [4.69, 9.17) is 4.98 Å². The average Bonchev–Trinajstić information content (AvgIpc) is 3.69. The fourth-order valence-corrected chi connectivity index (χ4v) is 6.43. The second-order valence-corrected chi connectivity index (χ2v) is 12.6. The van der Waals surface area contributed by atoms with Gasteiger partial charge in [-0.05, 0) is 81.4 Å². The maximum Gasteiger partial charge on any atom is 0.224 e. The number of carbonyl (C=O) groups excluding carboxylic acids is 1. The molecule has 1 aromatic carbocycles. The summed E-state index contributed by atoms with van der Waals surface area (Å²) >= 11 is 0. The van der Waals surface area contributed by atoms with E-state index in [-0.39, 0.29) is 11.7 Å². The molecular weight excluding hydrogens is 593 g/mol. The zero-order chi connectivity index (χ0) is 32.3. The average molecular weight is 632 g/mol. The summed E-state index contributed by atoms with van der Waals surface area (Å²) in [6.45, 7) is 1.52. The molecule has 0 spiro atoms. The van der Waals surface area contributed by atoms with Crippen molar-refractivity contribution in [2.75, 3.05) is 37.8 Å². The molecule has 0 atom stereocenters. The van der Waals surface area contributed by atoms with Crippen LogP contribution in [0.4, 0.5) is 15.8 Å². The topological polar surface area (TPSA) is 128 Å². The first-order valence-electron chi connectivity index (χ1n) is 16.2. The Kier molecular flexibility index (Phi) is 8.62. The summed E-state index contributed by atoms with van der Waals surface area (Å²) in [4.78, 5) is 32.3. The van der Waals surface area contributed by atoms with E-state index in [1.54, 1.807) is 18.6 Å². The number of hydrogen-bond donors (Lipinski definition) is 4. The van der Waals surface area contributed by atoms with Gasteiger partial charge in [-0.1, -0.05) is 19.3 Å².